The minimum atomic E-state index is -4.46. The van der Waals surface area contributed by atoms with Crippen molar-refractivity contribution in [3.05, 3.63) is 130 Å². The Morgan fingerprint density at radius 3 is 1.95 bits per heavy atom. The lowest BCUT2D eigenvalue weighted by Crippen LogP contribution is -2.15. The molecule has 4 aromatic rings. The summed E-state index contributed by atoms with van der Waals surface area (Å²) in [5.74, 6) is 0.944. The molecule has 0 amide bonds. The average molecular weight is 571 g/mol. The summed E-state index contributed by atoms with van der Waals surface area (Å²) < 4.78 is 50.9. The highest BCUT2D eigenvalue weighted by Crippen LogP contribution is 2.46. The van der Waals surface area contributed by atoms with Crippen molar-refractivity contribution >= 4 is 39.7 Å². The number of nitrogens with zero attached hydrogens (tertiary/aromatic N) is 2. The normalized spacial score (nSPS) is 15.1. The molecule has 0 atom stereocenters. The highest BCUT2D eigenvalue weighted by Gasteiger charge is 2.30. The Balaban J connectivity index is 1.55. The lowest BCUT2D eigenvalue weighted by molar-refractivity contribution is -0.137. The molecule has 0 N–H and O–H groups in total. The van der Waals surface area contributed by atoms with Gasteiger partial charge in [0.15, 0.2) is 17.3 Å². The molecule has 0 spiro atoms. The molecule has 1 aromatic heterocycles. The Kier molecular flexibility index (Phi) is 7.11. The first-order valence-corrected chi connectivity index (χ1v) is 13.6. The van der Waals surface area contributed by atoms with E-state index in [2.05, 4.69) is 10.2 Å². The van der Waals surface area contributed by atoms with Gasteiger partial charge < -0.3 is 9.47 Å². The van der Waals surface area contributed by atoms with E-state index in [1.165, 1.54) is 23.5 Å². The minimum Gasteiger partial charge on any atom is -0.485 e. The fourth-order valence-electron chi connectivity index (χ4n) is 4.52. The summed E-state index contributed by atoms with van der Waals surface area (Å²) in [6, 6.07) is 23.1. The predicted octanol–water partition coefficient (Wildman–Crippen LogP) is 8.78. The number of thiophene rings is 1. The van der Waals surface area contributed by atoms with Crippen molar-refractivity contribution in [2.45, 2.75) is 6.18 Å². The summed E-state index contributed by atoms with van der Waals surface area (Å²) in [5, 5.41) is 10.6. The molecule has 41 heavy (non-hydrogen) atoms. The number of carbonyl (C=O) groups excluding carboxylic acids is 1. The van der Waals surface area contributed by atoms with Crippen LogP contribution in [-0.2, 0) is 11.0 Å². The van der Waals surface area contributed by atoms with Gasteiger partial charge in [-0.3, -0.25) is 4.79 Å². The zero-order valence-corrected chi connectivity index (χ0v) is 22.2. The number of hydrogen-bond acceptors (Lipinski definition) is 6. The van der Waals surface area contributed by atoms with Gasteiger partial charge in [-0.25, -0.2) is 0 Å². The molecule has 2 heterocycles. The molecule has 0 saturated carbocycles. The van der Waals surface area contributed by atoms with Crippen LogP contribution in [0.4, 0.5) is 18.9 Å². The van der Waals surface area contributed by atoms with Crippen LogP contribution in [0.1, 0.15) is 21.6 Å². The Hall–Kier alpha value is -4.76. The molecule has 1 aliphatic heterocycles. The van der Waals surface area contributed by atoms with Gasteiger partial charge in [0.2, 0.25) is 0 Å². The number of alkyl halides is 3. The quantitative estimate of drug-likeness (QED) is 0.225. The Morgan fingerprint density at radius 1 is 0.780 bits per heavy atom. The van der Waals surface area contributed by atoms with Crippen molar-refractivity contribution in [3.8, 4) is 11.5 Å². The summed E-state index contributed by atoms with van der Waals surface area (Å²) in [6.45, 7) is 0.761. The first-order valence-electron chi connectivity index (χ1n) is 12.7. The van der Waals surface area contributed by atoms with Crippen molar-refractivity contribution in [3.63, 3.8) is 0 Å². The number of azo groups is 1. The molecule has 0 bridgehead atoms. The first-order chi connectivity index (χ1) is 19.9. The molecular weight excluding hydrogens is 549 g/mol. The maximum absolute atomic E-state index is 13.8. The number of ketones is 1. The van der Waals surface area contributed by atoms with Crippen molar-refractivity contribution in [2.75, 3.05) is 13.2 Å². The Labute approximate surface area is 237 Å². The van der Waals surface area contributed by atoms with Crippen molar-refractivity contribution in [1.29, 1.82) is 0 Å². The lowest BCUT2D eigenvalue weighted by atomic mass is 9.85. The van der Waals surface area contributed by atoms with Gasteiger partial charge in [0, 0.05) is 22.1 Å². The Bertz CT molecular complexity index is 1660. The van der Waals surface area contributed by atoms with Gasteiger partial charge in [-0.15, -0.1) is 16.5 Å². The molecular formula is C32H21F3N2O3S. The SMILES string of the molecule is O=C1C(c2ccccc2)=CC(=C(N=Nc2ccc(C(F)(F)F)cc2)c2scc3c2OCCO3)C=C1c1ccccc1. The van der Waals surface area contributed by atoms with Gasteiger partial charge in [-0.05, 0) is 47.5 Å². The molecule has 0 radical (unpaired) electrons. The second-order valence-electron chi connectivity index (χ2n) is 9.18. The number of ether oxygens (including phenoxy) is 2. The Morgan fingerprint density at radius 2 is 1.37 bits per heavy atom. The van der Waals surface area contributed by atoms with E-state index in [4.69, 9.17) is 9.47 Å². The number of fused-ring (bicyclic) bond motifs is 1. The third-order valence-electron chi connectivity index (χ3n) is 6.51. The molecule has 0 fully saturated rings. The molecule has 9 heteroatoms. The van der Waals surface area contributed by atoms with Crippen LogP contribution < -0.4 is 9.47 Å². The molecule has 0 saturated heterocycles. The van der Waals surface area contributed by atoms with E-state index in [1.807, 2.05) is 66.0 Å². The van der Waals surface area contributed by atoms with Crippen LogP contribution in [0.2, 0.25) is 0 Å². The third-order valence-corrected chi connectivity index (χ3v) is 7.45. The predicted molar refractivity (Wildman–Crippen MR) is 152 cm³/mol. The summed E-state index contributed by atoms with van der Waals surface area (Å²) in [5.41, 5.74) is 2.90. The number of halogens is 3. The molecule has 6 rings (SSSR count). The van der Waals surface area contributed by atoms with Crippen LogP contribution in [0.3, 0.4) is 0 Å². The fourth-order valence-corrected chi connectivity index (χ4v) is 5.45. The van der Waals surface area contributed by atoms with Crippen LogP contribution in [0.15, 0.2) is 118 Å². The number of Topliss-reactive ketones (excluding diaryl/α,β-unsaturated/α-hetero) is 1. The summed E-state index contributed by atoms with van der Waals surface area (Å²) in [6.07, 6.45) is -0.926. The number of rotatable bonds is 5. The van der Waals surface area contributed by atoms with Crippen LogP contribution in [0.5, 0.6) is 11.5 Å². The zero-order chi connectivity index (χ0) is 28.4. The van der Waals surface area contributed by atoms with Crippen LogP contribution in [0, 0.1) is 0 Å². The van der Waals surface area contributed by atoms with Crippen LogP contribution >= 0.6 is 11.3 Å². The maximum Gasteiger partial charge on any atom is 0.416 e. The van der Waals surface area contributed by atoms with E-state index in [0.717, 1.165) is 23.3 Å². The van der Waals surface area contributed by atoms with E-state index in [0.29, 0.717) is 52.0 Å². The summed E-state index contributed by atoms with van der Waals surface area (Å²) in [4.78, 5) is 14.4. The topological polar surface area (TPSA) is 60.2 Å². The van der Waals surface area contributed by atoms with Crippen LogP contribution in [0.25, 0.3) is 16.8 Å². The zero-order valence-electron chi connectivity index (χ0n) is 21.4. The molecule has 204 valence electrons. The van der Waals surface area contributed by atoms with Crippen molar-refractivity contribution < 1.29 is 27.4 Å². The van der Waals surface area contributed by atoms with Gasteiger partial charge in [0.1, 0.15) is 23.8 Å². The van der Waals surface area contributed by atoms with E-state index in [1.54, 1.807) is 12.2 Å². The number of carbonyl (C=O) groups is 1. The maximum atomic E-state index is 13.8. The minimum absolute atomic E-state index is 0.141. The molecule has 1 aliphatic carbocycles. The second-order valence-corrected chi connectivity index (χ2v) is 10.1. The summed E-state index contributed by atoms with van der Waals surface area (Å²) in [7, 11) is 0. The first kappa shape index (κ1) is 26.5. The fraction of sp³-hybridized carbons (Fsp3) is 0.0938. The number of hydrogen-bond donors (Lipinski definition) is 0. The van der Waals surface area contributed by atoms with E-state index >= 15 is 0 Å². The van der Waals surface area contributed by atoms with Gasteiger partial charge in [-0.1, -0.05) is 60.7 Å². The van der Waals surface area contributed by atoms with Gasteiger partial charge >= 0.3 is 6.18 Å². The number of benzene rings is 3. The van der Waals surface area contributed by atoms with E-state index in [9.17, 15) is 18.0 Å². The average Bonchev–Trinajstić information content (AvgIpc) is 3.42. The van der Waals surface area contributed by atoms with Crippen molar-refractivity contribution in [1.82, 2.24) is 0 Å². The summed E-state index contributed by atoms with van der Waals surface area (Å²) >= 11 is 1.35. The van der Waals surface area contributed by atoms with E-state index < -0.39 is 11.7 Å². The standard InChI is InChI=1S/C32H21F3N2O3S/c33-32(34,35)23-11-13-24(14-12-23)36-37-28(31-30-27(19-41-31)39-15-16-40-30)22-17-25(20-7-3-1-4-8-20)29(38)26(18-22)21-9-5-2-6-10-21/h1-14,17-19H,15-16H2. The highest BCUT2D eigenvalue weighted by molar-refractivity contribution is 7.11. The second kappa shape index (κ2) is 11.0. The van der Waals surface area contributed by atoms with E-state index in [-0.39, 0.29) is 11.5 Å². The highest BCUT2D eigenvalue weighted by atomic mass is 32.1. The molecule has 2 aliphatic rings. The molecule has 0 unspecified atom stereocenters. The monoisotopic (exact) mass is 570 g/mol. The third kappa shape index (κ3) is 5.49. The van der Waals surface area contributed by atoms with Crippen LogP contribution in [-0.4, -0.2) is 19.0 Å². The largest absolute Gasteiger partial charge is 0.485 e. The van der Waals surface area contributed by atoms with Crippen molar-refractivity contribution in [2.24, 2.45) is 10.2 Å². The van der Waals surface area contributed by atoms with Gasteiger partial charge in [0.05, 0.1) is 11.3 Å². The number of allylic oxidation sites excluding steroid dienone is 5. The van der Waals surface area contributed by atoms with Gasteiger partial charge in [0.25, 0.3) is 0 Å². The lowest BCUT2D eigenvalue weighted by Gasteiger charge is -2.19. The molecule has 3 aromatic carbocycles. The molecule has 5 nitrogen and oxygen atoms in total. The smallest absolute Gasteiger partial charge is 0.416 e. The van der Waals surface area contributed by atoms with Gasteiger partial charge in [-0.2, -0.15) is 18.3 Å².